The molecule has 0 saturated carbocycles. The Bertz CT molecular complexity index is 330. The van der Waals surface area contributed by atoms with E-state index in [1.54, 1.807) is 0 Å². The van der Waals surface area contributed by atoms with Crippen LogP contribution in [0.4, 0.5) is 0 Å². The second-order valence-electron chi connectivity index (χ2n) is 5.58. The predicted octanol–water partition coefficient (Wildman–Crippen LogP) is 0.831. The Balaban J connectivity index is 3.54. The number of nitrogens with zero attached hydrogens (tertiary/aromatic N) is 1. The van der Waals surface area contributed by atoms with E-state index in [2.05, 4.69) is 21.0 Å². The molecule has 0 aliphatic carbocycles. The predicted molar refractivity (Wildman–Crippen MR) is 77.6 cm³/mol. The van der Waals surface area contributed by atoms with Gasteiger partial charge >= 0.3 is 0 Å². The zero-order chi connectivity index (χ0) is 15.5. The maximum atomic E-state index is 10.5. The molecule has 7 heteroatoms. The van der Waals surface area contributed by atoms with Crippen LogP contribution in [0.25, 0.3) is 0 Å². The number of likely N-dealkylation sites (N-methyl/N-ethyl adjacent to an activating group) is 1. The standard InChI is InChI=1S/C13H29NO5S/c1-4-9-18-11-12-19-10-8-14(2,3)7-5-6-13-20(15,16)17/h4-13H2,1-3H3. The van der Waals surface area contributed by atoms with Crippen LogP contribution in [0.2, 0.25) is 0 Å². The first-order valence-electron chi connectivity index (χ1n) is 7.18. The summed E-state index contributed by atoms with van der Waals surface area (Å²) in [5.41, 5.74) is 0. The minimum absolute atomic E-state index is 0.266. The van der Waals surface area contributed by atoms with Gasteiger partial charge in [0.25, 0.3) is 0 Å². The Kier molecular flexibility index (Phi) is 10.4. The number of hydrogen-bond donors (Lipinski definition) is 0. The van der Waals surface area contributed by atoms with Crippen molar-refractivity contribution >= 4 is 10.1 Å². The minimum atomic E-state index is -4.07. The summed E-state index contributed by atoms with van der Waals surface area (Å²) in [6.45, 7) is 6.43. The van der Waals surface area contributed by atoms with Gasteiger partial charge in [0.2, 0.25) is 0 Å². The van der Waals surface area contributed by atoms with Crippen molar-refractivity contribution < 1.29 is 26.9 Å². The fraction of sp³-hybridized carbons (Fsp3) is 1.00. The van der Waals surface area contributed by atoms with Crippen molar-refractivity contribution in [1.29, 1.82) is 0 Å². The second kappa shape index (κ2) is 10.5. The van der Waals surface area contributed by atoms with Crippen molar-refractivity contribution in [1.82, 2.24) is 0 Å². The first kappa shape index (κ1) is 19.8. The lowest BCUT2D eigenvalue weighted by Crippen LogP contribution is -2.43. The molecule has 0 aliphatic rings. The molecule has 0 N–H and O–H groups in total. The lowest BCUT2D eigenvalue weighted by atomic mass is 10.3. The van der Waals surface area contributed by atoms with Crippen LogP contribution in [-0.4, -0.2) is 76.8 Å². The monoisotopic (exact) mass is 311 g/mol. The maximum absolute atomic E-state index is 10.5. The zero-order valence-electron chi connectivity index (χ0n) is 13.0. The number of rotatable bonds is 13. The van der Waals surface area contributed by atoms with E-state index >= 15 is 0 Å². The molecule has 0 radical (unpaired) electrons. The Morgan fingerprint density at radius 2 is 1.55 bits per heavy atom. The molecule has 0 unspecified atom stereocenters. The molecule has 0 aromatic carbocycles. The fourth-order valence-electron chi connectivity index (χ4n) is 1.71. The maximum Gasteiger partial charge on any atom is 0.102 e. The van der Waals surface area contributed by atoms with E-state index in [4.69, 9.17) is 9.47 Å². The zero-order valence-corrected chi connectivity index (χ0v) is 13.8. The molecule has 0 aromatic rings. The van der Waals surface area contributed by atoms with E-state index in [1.807, 2.05) is 0 Å². The number of ether oxygens (including phenoxy) is 2. The molecule has 0 bridgehead atoms. The van der Waals surface area contributed by atoms with Gasteiger partial charge in [0.15, 0.2) is 0 Å². The molecular formula is C13H29NO5S. The van der Waals surface area contributed by atoms with Crippen LogP contribution in [-0.2, 0) is 19.6 Å². The molecule has 122 valence electrons. The smallest absolute Gasteiger partial charge is 0.102 e. The molecular weight excluding hydrogens is 282 g/mol. The number of unbranched alkanes of at least 4 members (excludes halogenated alkanes) is 1. The highest BCUT2D eigenvalue weighted by atomic mass is 32.2. The van der Waals surface area contributed by atoms with Crippen LogP contribution in [0.3, 0.4) is 0 Å². The van der Waals surface area contributed by atoms with Gasteiger partial charge in [0.1, 0.15) is 6.54 Å². The van der Waals surface area contributed by atoms with Crippen LogP contribution in [0.1, 0.15) is 26.2 Å². The average molecular weight is 311 g/mol. The topological polar surface area (TPSA) is 75.7 Å². The van der Waals surface area contributed by atoms with Gasteiger partial charge < -0.3 is 18.5 Å². The van der Waals surface area contributed by atoms with Crippen LogP contribution < -0.4 is 0 Å². The van der Waals surface area contributed by atoms with Crippen LogP contribution in [0.15, 0.2) is 0 Å². The van der Waals surface area contributed by atoms with Crippen LogP contribution in [0.5, 0.6) is 0 Å². The van der Waals surface area contributed by atoms with Gasteiger partial charge in [-0.25, -0.2) is 8.42 Å². The van der Waals surface area contributed by atoms with E-state index in [9.17, 15) is 13.0 Å². The largest absolute Gasteiger partial charge is 0.748 e. The van der Waals surface area contributed by atoms with Gasteiger partial charge in [-0.15, -0.1) is 0 Å². The van der Waals surface area contributed by atoms with E-state index in [-0.39, 0.29) is 5.75 Å². The van der Waals surface area contributed by atoms with Crippen molar-refractivity contribution in [2.24, 2.45) is 0 Å². The molecule has 20 heavy (non-hydrogen) atoms. The average Bonchev–Trinajstić information content (AvgIpc) is 2.32. The fourth-order valence-corrected chi connectivity index (χ4v) is 2.27. The number of quaternary nitrogens is 1. The van der Waals surface area contributed by atoms with Crippen molar-refractivity contribution in [2.75, 3.05) is 59.4 Å². The van der Waals surface area contributed by atoms with E-state index in [0.29, 0.717) is 26.2 Å². The molecule has 0 heterocycles. The Hall–Kier alpha value is -0.210. The molecule has 0 saturated heterocycles. The normalized spacial score (nSPS) is 12.8. The van der Waals surface area contributed by atoms with E-state index in [1.165, 1.54) is 0 Å². The molecule has 0 fully saturated rings. The van der Waals surface area contributed by atoms with Crippen molar-refractivity contribution in [3.8, 4) is 0 Å². The molecule has 0 amide bonds. The number of hydrogen-bond acceptors (Lipinski definition) is 5. The third-order valence-corrected chi connectivity index (χ3v) is 3.76. The Morgan fingerprint density at radius 3 is 2.10 bits per heavy atom. The first-order chi connectivity index (χ1) is 9.27. The van der Waals surface area contributed by atoms with Gasteiger partial charge in [-0.2, -0.15) is 0 Å². The molecule has 0 aliphatic heterocycles. The van der Waals surface area contributed by atoms with Gasteiger partial charge in [-0.1, -0.05) is 6.92 Å². The molecule has 0 rings (SSSR count). The van der Waals surface area contributed by atoms with Gasteiger partial charge in [0.05, 0.1) is 50.6 Å². The summed E-state index contributed by atoms with van der Waals surface area (Å²) in [6.07, 6.45) is 2.18. The molecule has 0 atom stereocenters. The highest BCUT2D eigenvalue weighted by Gasteiger charge is 2.14. The molecule has 0 spiro atoms. The second-order valence-corrected chi connectivity index (χ2v) is 7.10. The SMILES string of the molecule is CCCOCCOCC[N+](C)(C)CCCCS(=O)(=O)[O-]. The summed E-state index contributed by atoms with van der Waals surface area (Å²) in [5, 5.41) is 0. The molecule has 6 nitrogen and oxygen atoms in total. The van der Waals surface area contributed by atoms with E-state index in [0.717, 1.165) is 37.0 Å². The minimum Gasteiger partial charge on any atom is -0.748 e. The highest BCUT2D eigenvalue weighted by Crippen LogP contribution is 2.03. The lowest BCUT2D eigenvalue weighted by Gasteiger charge is -2.29. The van der Waals surface area contributed by atoms with Gasteiger partial charge in [-0.3, -0.25) is 0 Å². The summed E-state index contributed by atoms with van der Waals surface area (Å²) in [5.74, 6) is -0.266. The Morgan fingerprint density at radius 1 is 0.950 bits per heavy atom. The Labute approximate surface area is 123 Å². The quantitative estimate of drug-likeness (QED) is 0.286. The first-order valence-corrected chi connectivity index (χ1v) is 8.75. The van der Waals surface area contributed by atoms with Crippen molar-refractivity contribution in [2.45, 2.75) is 26.2 Å². The van der Waals surface area contributed by atoms with Crippen LogP contribution in [0, 0.1) is 0 Å². The van der Waals surface area contributed by atoms with Crippen LogP contribution >= 0.6 is 0 Å². The summed E-state index contributed by atoms with van der Waals surface area (Å²) in [6, 6.07) is 0. The summed E-state index contributed by atoms with van der Waals surface area (Å²) >= 11 is 0. The molecule has 0 aromatic heterocycles. The van der Waals surface area contributed by atoms with Gasteiger partial charge in [-0.05, 0) is 19.3 Å². The summed E-state index contributed by atoms with van der Waals surface area (Å²) in [4.78, 5) is 0. The van der Waals surface area contributed by atoms with E-state index < -0.39 is 10.1 Å². The van der Waals surface area contributed by atoms with Crippen molar-refractivity contribution in [3.63, 3.8) is 0 Å². The summed E-state index contributed by atoms with van der Waals surface area (Å²) in [7, 11) is 0.0747. The van der Waals surface area contributed by atoms with Crippen molar-refractivity contribution in [3.05, 3.63) is 0 Å². The third-order valence-electron chi connectivity index (χ3n) is 2.97. The lowest BCUT2D eigenvalue weighted by molar-refractivity contribution is -0.890. The van der Waals surface area contributed by atoms with Gasteiger partial charge in [0, 0.05) is 12.4 Å². The summed E-state index contributed by atoms with van der Waals surface area (Å²) < 4.78 is 43.0. The highest BCUT2D eigenvalue weighted by molar-refractivity contribution is 7.85. The third kappa shape index (κ3) is 14.2.